The van der Waals surface area contributed by atoms with E-state index in [4.69, 9.17) is 0 Å². The van der Waals surface area contributed by atoms with Gasteiger partial charge in [0, 0.05) is 23.9 Å². The van der Waals surface area contributed by atoms with Crippen molar-refractivity contribution in [3.8, 4) is 0 Å². The average molecular weight is 481 g/mol. The molecular weight excluding hydrogens is 448 g/mol. The molecule has 4 atom stereocenters. The van der Waals surface area contributed by atoms with Crippen molar-refractivity contribution < 1.29 is 14.4 Å². The van der Waals surface area contributed by atoms with Gasteiger partial charge < -0.3 is 10.2 Å². The fraction of sp³-hybridized carbons (Fsp3) is 0.323. The highest BCUT2D eigenvalue weighted by molar-refractivity contribution is 6.02. The number of carbonyl (C=O) groups excluding carboxylic acids is 3. The van der Waals surface area contributed by atoms with E-state index in [1.54, 1.807) is 4.90 Å². The summed E-state index contributed by atoms with van der Waals surface area (Å²) in [6.07, 6.45) is 2.44. The Morgan fingerprint density at radius 1 is 0.806 bits per heavy atom. The van der Waals surface area contributed by atoms with Crippen LogP contribution in [0.2, 0.25) is 0 Å². The summed E-state index contributed by atoms with van der Waals surface area (Å²) in [5.41, 5.74) is 2.38. The highest BCUT2D eigenvalue weighted by Gasteiger charge is 2.58. The lowest BCUT2D eigenvalue weighted by atomic mass is 9.76. The van der Waals surface area contributed by atoms with E-state index in [1.807, 2.05) is 97.9 Å². The van der Waals surface area contributed by atoms with E-state index in [9.17, 15) is 14.4 Å². The first-order valence-electron chi connectivity index (χ1n) is 12.9. The van der Waals surface area contributed by atoms with Crippen molar-refractivity contribution in [1.82, 2.24) is 10.2 Å². The molecular formula is C31H32N2O3. The molecule has 1 heterocycles. The van der Waals surface area contributed by atoms with Gasteiger partial charge in [-0.15, -0.1) is 0 Å². The fourth-order valence-electron chi connectivity index (χ4n) is 5.55. The van der Waals surface area contributed by atoms with Crippen molar-refractivity contribution in [3.05, 3.63) is 108 Å². The SMILES string of the molecule is CCCNC(=O)C1C(c2ccccc2)C(C(=O)c2ccccc2)C(c2ccccc2)N1C(=O)C1CC1. The van der Waals surface area contributed by atoms with Gasteiger partial charge in [0.25, 0.3) is 0 Å². The first kappa shape index (κ1) is 24.0. The maximum atomic E-state index is 14.3. The first-order valence-corrected chi connectivity index (χ1v) is 12.9. The molecule has 5 rings (SSSR count). The van der Waals surface area contributed by atoms with Crippen LogP contribution in [0.25, 0.3) is 0 Å². The predicted octanol–water partition coefficient (Wildman–Crippen LogP) is 5.16. The van der Waals surface area contributed by atoms with Crippen LogP contribution in [-0.2, 0) is 9.59 Å². The van der Waals surface area contributed by atoms with Crippen LogP contribution in [0.3, 0.4) is 0 Å². The van der Waals surface area contributed by atoms with E-state index in [1.165, 1.54) is 0 Å². The number of Topliss-reactive ketones (excluding diaryl/α,β-unsaturated/α-hetero) is 1. The summed E-state index contributed by atoms with van der Waals surface area (Å²) in [7, 11) is 0. The van der Waals surface area contributed by atoms with Crippen molar-refractivity contribution in [2.75, 3.05) is 6.54 Å². The standard InChI is InChI=1S/C31H32N2O3/c1-2-20-32-30(35)28-25(21-12-6-3-7-13-21)26(29(34)23-16-10-5-11-17-23)27(22-14-8-4-9-15-22)33(28)31(36)24-18-19-24/h3-17,24-28H,2,18-20H2,1H3,(H,32,35). The summed E-state index contributed by atoms with van der Waals surface area (Å²) in [6, 6.07) is 27.4. The zero-order valence-electron chi connectivity index (χ0n) is 20.5. The molecule has 2 aliphatic rings. The highest BCUT2D eigenvalue weighted by atomic mass is 16.2. The second-order valence-electron chi connectivity index (χ2n) is 9.80. The van der Waals surface area contributed by atoms with E-state index in [-0.39, 0.29) is 23.5 Å². The maximum Gasteiger partial charge on any atom is 0.243 e. The van der Waals surface area contributed by atoms with Crippen LogP contribution >= 0.6 is 0 Å². The molecule has 1 aliphatic carbocycles. The van der Waals surface area contributed by atoms with Crippen molar-refractivity contribution in [2.24, 2.45) is 11.8 Å². The minimum atomic E-state index is -0.769. The third-order valence-corrected chi connectivity index (χ3v) is 7.35. The number of hydrogen-bond donors (Lipinski definition) is 1. The molecule has 3 aromatic rings. The van der Waals surface area contributed by atoms with E-state index in [2.05, 4.69) is 5.32 Å². The molecule has 2 fully saturated rings. The normalized spacial score (nSPS) is 23.3. The Morgan fingerprint density at radius 3 is 1.92 bits per heavy atom. The lowest BCUT2D eigenvalue weighted by Crippen LogP contribution is -2.49. The van der Waals surface area contributed by atoms with Crippen LogP contribution < -0.4 is 5.32 Å². The monoisotopic (exact) mass is 480 g/mol. The summed E-state index contributed by atoms with van der Waals surface area (Å²) in [6.45, 7) is 2.53. The molecule has 2 amide bonds. The topological polar surface area (TPSA) is 66.5 Å². The Bertz CT molecular complexity index is 1210. The molecule has 0 aromatic heterocycles. The summed E-state index contributed by atoms with van der Waals surface area (Å²) >= 11 is 0. The van der Waals surface area contributed by atoms with E-state index >= 15 is 0 Å². The summed E-state index contributed by atoms with van der Waals surface area (Å²) in [4.78, 5) is 43.8. The molecule has 184 valence electrons. The zero-order valence-corrected chi connectivity index (χ0v) is 20.5. The Morgan fingerprint density at radius 2 is 1.36 bits per heavy atom. The van der Waals surface area contributed by atoms with Gasteiger partial charge in [-0.05, 0) is 30.4 Å². The number of nitrogens with one attached hydrogen (secondary N) is 1. The molecule has 5 nitrogen and oxygen atoms in total. The number of ketones is 1. The average Bonchev–Trinajstić information content (AvgIpc) is 3.72. The molecule has 0 spiro atoms. The van der Waals surface area contributed by atoms with E-state index in [0.29, 0.717) is 12.1 Å². The summed E-state index contributed by atoms with van der Waals surface area (Å²) in [5, 5.41) is 3.05. The molecule has 0 radical (unpaired) electrons. The van der Waals surface area contributed by atoms with Gasteiger partial charge in [0.1, 0.15) is 6.04 Å². The Labute approximate surface area is 212 Å². The first-order chi connectivity index (χ1) is 17.6. The van der Waals surface area contributed by atoms with Crippen LogP contribution in [0, 0.1) is 11.8 Å². The third-order valence-electron chi connectivity index (χ3n) is 7.35. The quantitative estimate of drug-likeness (QED) is 0.453. The molecule has 4 unspecified atom stereocenters. The minimum absolute atomic E-state index is 0.0233. The number of amides is 2. The minimum Gasteiger partial charge on any atom is -0.354 e. The number of rotatable bonds is 8. The van der Waals surface area contributed by atoms with E-state index in [0.717, 1.165) is 30.4 Å². The molecule has 0 bridgehead atoms. The predicted molar refractivity (Wildman–Crippen MR) is 139 cm³/mol. The van der Waals surface area contributed by atoms with Crippen LogP contribution in [0.4, 0.5) is 0 Å². The van der Waals surface area contributed by atoms with E-state index < -0.39 is 23.9 Å². The second-order valence-corrected chi connectivity index (χ2v) is 9.80. The second kappa shape index (κ2) is 10.5. The van der Waals surface area contributed by atoms with Gasteiger partial charge in [0.2, 0.25) is 11.8 Å². The van der Waals surface area contributed by atoms with Crippen molar-refractivity contribution in [3.63, 3.8) is 0 Å². The largest absolute Gasteiger partial charge is 0.354 e. The Balaban J connectivity index is 1.72. The van der Waals surface area contributed by atoms with Gasteiger partial charge in [-0.1, -0.05) is 97.9 Å². The van der Waals surface area contributed by atoms with Gasteiger partial charge in [0.15, 0.2) is 5.78 Å². The van der Waals surface area contributed by atoms with Crippen LogP contribution in [0.1, 0.15) is 59.6 Å². The van der Waals surface area contributed by atoms with Crippen LogP contribution in [0.15, 0.2) is 91.0 Å². The smallest absolute Gasteiger partial charge is 0.243 e. The fourth-order valence-corrected chi connectivity index (χ4v) is 5.55. The molecule has 1 saturated carbocycles. The Kier molecular flexibility index (Phi) is 6.99. The number of hydrogen-bond acceptors (Lipinski definition) is 3. The third kappa shape index (κ3) is 4.58. The van der Waals surface area contributed by atoms with Crippen molar-refractivity contribution in [1.29, 1.82) is 0 Å². The number of benzene rings is 3. The molecule has 3 aromatic carbocycles. The van der Waals surface area contributed by atoms with Gasteiger partial charge in [-0.2, -0.15) is 0 Å². The summed E-state index contributed by atoms with van der Waals surface area (Å²) in [5.74, 6) is -1.41. The van der Waals surface area contributed by atoms with Gasteiger partial charge in [0.05, 0.1) is 12.0 Å². The molecule has 5 heteroatoms. The highest BCUT2D eigenvalue weighted by Crippen LogP contribution is 2.52. The van der Waals surface area contributed by atoms with Crippen molar-refractivity contribution >= 4 is 17.6 Å². The number of nitrogens with zero attached hydrogens (tertiary/aromatic N) is 1. The van der Waals surface area contributed by atoms with Gasteiger partial charge in [-0.25, -0.2) is 0 Å². The van der Waals surface area contributed by atoms with Gasteiger partial charge in [-0.3, -0.25) is 14.4 Å². The lowest BCUT2D eigenvalue weighted by Gasteiger charge is -2.32. The van der Waals surface area contributed by atoms with Crippen LogP contribution in [-0.4, -0.2) is 35.1 Å². The lowest BCUT2D eigenvalue weighted by molar-refractivity contribution is -0.142. The van der Waals surface area contributed by atoms with Gasteiger partial charge >= 0.3 is 0 Å². The number of likely N-dealkylation sites (tertiary alicyclic amines) is 1. The maximum absolute atomic E-state index is 14.3. The zero-order chi connectivity index (χ0) is 25.1. The molecule has 1 N–H and O–H groups in total. The molecule has 1 saturated heterocycles. The van der Waals surface area contributed by atoms with Crippen molar-refractivity contribution in [2.45, 2.75) is 44.2 Å². The molecule has 36 heavy (non-hydrogen) atoms. The van der Waals surface area contributed by atoms with Crippen LogP contribution in [0.5, 0.6) is 0 Å². The Hall–Kier alpha value is -3.73. The summed E-state index contributed by atoms with van der Waals surface area (Å²) < 4.78 is 0. The number of carbonyl (C=O) groups is 3. The molecule has 1 aliphatic heterocycles.